The molecule has 0 saturated heterocycles. The molecule has 0 aromatic carbocycles. The van der Waals surface area contributed by atoms with Gasteiger partial charge >= 0.3 is 7.12 Å². The van der Waals surface area contributed by atoms with Crippen LogP contribution in [0.3, 0.4) is 0 Å². The molecule has 0 aliphatic carbocycles. The number of rotatable bonds is 4. The predicted molar refractivity (Wildman–Crippen MR) is 61.5 cm³/mol. The zero-order valence-electron chi connectivity index (χ0n) is 10.1. The second-order valence-electron chi connectivity index (χ2n) is 4.83. The first kappa shape index (κ1) is 12.8. The molecule has 0 saturated carbocycles. The van der Waals surface area contributed by atoms with Gasteiger partial charge in [0.1, 0.15) is 0 Å². The molecule has 1 aliphatic rings. The van der Waals surface area contributed by atoms with Gasteiger partial charge in [-0.3, -0.25) is 0 Å². The van der Waals surface area contributed by atoms with Crippen LogP contribution in [0.1, 0.15) is 34.1 Å². The summed E-state index contributed by atoms with van der Waals surface area (Å²) < 4.78 is 10.9. The molecule has 0 amide bonds. The van der Waals surface area contributed by atoms with Crippen LogP contribution in [0.25, 0.3) is 0 Å². The fourth-order valence-corrected chi connectivity index (χ4v) is 1.27. The highest BCUT2D eigenvalue weighted by Crippen LogP contribution is 2.23. The first-order valence-electron chi connectivity index (χ1n) is 5.56. The molecule has 0 radical (unpaired) electrons. The summed E-state index contributed by atoms with van der Waals surface area (Å²) in [6.07, 6.45) is 2.67. The van der Waals surface area contributed by atoms with Crippen molar-refractivity contribution in [2.45, 2.75) is 39.7 Å². The quantitative estimate of drug-likeness (QED) is 0.722. The van der Waals surface area contributed by atoms with Gasteiger partial charge in [-0.15, -0.1) is 0 Å². The minimum atomic E-state index is -0.786. The average Bonchev–Trinajstić information content (AvgIpc) is 2.18. The van der Waals surface area contributed by atoms with Gasteiger partial charge in [-0.1, -0.05) is 19.9 Å². The maximum Gasteiger partial charge on any atom is 0.487 e. The summed E-state index contributed by atoms with van der Waals surface area (Å²) in [4.78, 5) is 0. The number of ether oxygens (including phenoxy) is 1. The van der Waals surface area contributed by atoms with Crippen molar-refractivity contribution in [3.05, 3.63) is 11.5 Å². The Morgan fingerprint density at radius 2 is 2.20 bits per heavy atom. The van der Waals surface area contributed by atoms with Gasteiger partial charge in [-0.25, -0.2) is 0 Å². The third-order valence-corrected chi connectivity index (χ3v) is 3.12. The Morgan fingerprint density at radius 1 is 1.53 bits per heavy atom. The minimum Gasteiger partial charge on any atom is -0.423 e. The molecular formula is C11H21BO3. The molecule has 1 heterocycles. The molecule has 3 nitrogen and oxygen atoms in total. The van der Waals surface area contributed by atoms with E-state index in [1.807, 2.05) is 19.9 Å². The van der Waals surface area contributed by atoms with Crippen LogP contribution in [0.2, 0.25) is 0 Å². The van der Waals surface area contributed by atoms with Gasteiger partial charge in [0.25, 0.3) is 0 Å². The van der Waals surface area contributed by atoms with Crippen molar-refractivity contribution < 1.29 is 14.4 Å². The van der Waals surface area contributed by atoms with Crippen molar-refractivity contribution in [2.75, 3.05) is 13.2 Å². The summed E-state index contributed by atoms with van der Waals surface area (Å²) in [6.45, 7) is 9.43. The summed E-state index contributed by atoms with van der Waals surface area (Å²) in [5.41, 5.74) is 0.633. The van der Waals surface area contributed by atoms with Crippen molar-refractivity contribution in [1.29, 1.82) is 0 Å². The molecule has 0 atom stereocenters. The average molecular weight is 212 g/mol. The molecule has 0 bridgehead atoms. The topological polar surface area (TPSA) is 38.7 Å². The first-order chi connectivity index (χ1) is 6.93. The molecular weight excluding hydrogens is 191 g/mol. The standard InChI is InChI=1S/C11H21BO3/c1-9(2)11(3,4)15-12(13)10-5-7-14-8-6-10/h5,9,13H,6-8H2,1-4H3. The van der Waals surface area contributed by atoms with Crippen molar-refractivity contribution in [3.63, 3.8) is 0 Å². The zero-order chi connectivity index (χ0) is 11.5. The zero-order valence-corrected chi connectivity index (χ0v) is 10.1. The lowest BCUT2D eigenvalue weighted by molar-refractivity contribution is 0.0393. The Morgan fingerprint density at radius 3 is 2.67 bits per heavy atom. The minimum absolute atomic E-state index is 0.307. The van der Waals surface area contributed by atoms with Gasteiger partial charge in [-0.2, -0.15) is 0 Å². The third kappa shape index (κ3) is 3.63. The van der Waals surface area contributed by atoms with Crippen molar-refractivity contribution in [3.8, 4) is 0 Å². The van der Waals surface area contributed by atoms with Gasteiger partial charge in [0.15, 0.2) is 0 Å². The van der Waals surface area contributed by atoms with E-state index in [0.29, 0.717) is 19.1 Å². The fourth-order valence-electron chi connectivity index (χ4n) is 1.27. The number of hydrogen-bond acceptors (Lipinski definition) is 3. The molecule has 1 N–H and O–H groups in total. The van der Waals surface area contributed by atoms with E-state index in [1.54, 1.807) is 0 Å². The second kappa shape index (κ2) is 5.15. The summed E-state index contributed by atoms with van der Waals surface area (Å²) in [7, 11) is -0.786. The second-order valence-corrected chi connectivity index (χ2v) is 4.83. The maximum absolute atomic E-state index is 9.91. The van der Waals surface area contributed by atoms with E-state index in [-0.39, 0.29) is 5.60 Å². The van der Waals surface area contributed by atoms with Crippen LogP contribution in [0.4, 0.5) is 0 Å². The van der Waals surface area contributed by atoms with Crippen molar-refractivity contribution in [1.82, 2.24) is 0 Å². The molecule has 0 aromatic heterocycles. The highest BCUT2D eigenvalue weighted by Gasteiger charge is 2.31. The van der Waals surface area contributed by atoms with Gasteiger partial charge in [-0.05, 0) is 31.7 Å². The van der Waals surface area contributed by atoms with E-state index >= 15 is 0 Å². The lowest BCUT2D eigenvalue weighted by Gasteiger charge is -2.32. The van der Waals surface area contributed by atoms with Gasteiger partial charge in [0.05, 0.1) is 18.8 Å². The van der Waals surface area contributed by atoms with E-state index in [4.69, 9.17) is 9.39 Å². The van der Waals surface area contributed by atoms with Crippen molar-refractivity contribution in [2.24, 2.45) is 5.92 Å². The van der Waals surface area contributed by atoms with Gasteiger partial charge in [0, 0.05) is 0 Å². The SMILES string of the molecule is CC(C)C(C)(C)OB(O)C1=CCOCC1. The molecule has 4 heteroatoms. The molecule has 0 spiro atoms. The van der Waals surface area contributed by atoms with E-state index < -0.39 is 7.12 Å². The monoisotopic (exact) mass is 212 g/mol. The summed E-state index contributed by atoms with van der Waals surface area (Å²) >= 11 is 0. The highest BCUT2D eigenvalue weighted by atomic mass is 16.5. The molecule has 86 valence electrons. The van der Waals surface area contributed by atoms with Crippen LogP contribution >= 0.6 is 0 Å². The normalized spacial score (nSPS) is 17.9. The van der Waals surface area contributed by atoms with Gasteiger partial charge < -0.3 is 14.4 Å². The van der Waals surface area contributed by atoms with Crippen LogP contribution in [0.5, 0.6) is 0 Å². The summed E-state index contributed by atoms with van der Waals surface area (Å²) in [5.74, 6) is 0.368. The summed E-state index contributed by atoms with van der Waals surface area (Å²) in [5, 5.41) is 9.91. The lowest BCUT2D eigenvalue weighted by atomic mass is 9.74. The Bertz CT molecular complexity index is 236. The van der Waals surface area contributed by atoms with E-state index in [9.17, 15) is 5.02 Å². The largest absolute Gasteiger partial charge is 0.487 e. The van der Waals surface area contributed by atoms with E-state index in [2.05, 4.69) is 13.8 Å². The van der Waals surface area contributed by atoms with Crippen LogP contribution in [0, 0.1) is 5.92 Å². The Kier molecular flexibility index (Phi) is 4.38. The molecule has 0 aromatic rings. The molecule has 1 aliphatic heterocycles. The van der Waals surface area contributed by atoms with Crippen LogP contribution < -0.4 is 0 Å². The summed E-state index contributed by atoms with van der Waals surface area (Å²) in [6, 6.07) is 0. The van der Waals surface area contributed by atoms with Crippen molar-refractivity contribution >= 4 is 7.12 Å². The third-order valence-electron chi connectivity index (χ3n) is 3.12. The van der Waals surface area contributed by atoms with Crippen LogP contribution in [-0.2, 0) is 9.39 Å². The first-order valence-corrected chi connectivity index (χ1v) is 5.56. The molecule has 1 rings (SSSR count). The Balaban J connectivity index is 2.54. The number of hydrogen-bond donors (Lipinski definition) is 1. The molecule has 0 fully saturated rings. The van der Waals surface area contributed by atoms with Crippen LogP contribution in [-0.4, -0.2) is 31.0 Å². The lowest BCUT2D eigenvalue weighted by Crippen LogP contribution is -2.39. The molecule has 0 unspecified atom stereocenters. The van der Waals surface area contributed by atoms with Gasteiger partial charge in [0.2, 0.25) is 0 Å². The maximum atomic E-state index is 9.91. The smallest absolute Gasteiger partial charge is 0.423 e. The Labute approximate surface area is 92.6 Å². The molecule has 15 heavy (non-hydrogen) atoms. The van der Waals surface area contributed by atoms with Crippen LogP contribution in [0.15, 0.2) is 11.5 Å². The van der Waals surface area contributed by atoms with E-state index in [0.717, 1.165) is 11.9 Å². The highest BCUT2D eigenvalue weighted by molar-refractivity contribution is 6.52. The fraction of sp³-hybridized carbons (Fsp3) is 0.818. The predicted octanol–water partition coefficient (Wildman–Crippen LogP) is 1.80. The Hall–Kier alpha value is -0.315. The van der Waals surface area contributed by atoms with E-state index in [1.165, 1.54) is 0 Å².